The monoisotopic (exact) mass is 347 g/mol. The van der Waals surface area contributed by atoms with Gasteiger partial charge in [0.1, 0.15) is 0 Å². The van der Waals surface area contributed by atoms with E-state index in [-0.39, 0.29) is 30.7 Å². The quantitative estimate of drug-likeness (QED) is 0.831. The summed E-state index contributed by atoms with van der Waals surface area (Å²) in [5.41, 5.74) is 1.20. The Bertz CT molecular complexity index is 423. The van der Waals surface area contributed by atoms with Crippen LogP contribution in [0.2, 0.25) is 0 Å². The number of nitrogens with one attached hydrogen (secondary N) is 2. The van der Waals surface area contributed by atoms with Crippen LogP contribution in [-0.2, 0) is 4.79 Å². The van der Waals surface area contributed by atoms with Gasteiger partial charge in [0.2, 0.25) is 5.91 Å². The van der Waals surface area contributed by atoms with Crippen molar-refractivity contribution in [2.75, 3.05) is 13.1 Å². The molecule has 1 aromatic heterocycles. The normalized spacial score (nSPS) is 18.2. The fraction of sp³-hybridized carbons (Fsp3) is 0.625. The maximum absolute atomic E-state index is 12.0. The molecular weight excluding hydrogens is 321 g/mol. The summed E-state index contributed by atoms with van der Waals surface area (Å²) in [4.78, 5) is 16.2. The molecule has 1 amide bonds. The van der Waals surface area contributed by atoms with Crippen molar-refractivity contribution in [1.82, 2.24) is 15.6 Å². The second-order valence-electron chi connectivity index (χ2n) is 5.94. The minimum atomic E-state index is 0. The maximum Gasteiger partial charge on any atom is 0.221 e. The summed E-state index contributed by atoms with van der Waals surface area (Å²) in [6.07, 6.45) is 6.57. The molecule has 2 unspecified atom stereocenters. The first-order valence-corrected chi connectivity index (χ1v) is 7.57. The third-order valence-corrected chi connectivity index (χ3v) is 4.03. The van der Waals surface area contributed by atoms with Gasteiger partial charge in [0.05, 0.1) is 0 Å². The third-order valence-electron chi connectivity index (χ3n) is 4.03. The van der Waals surface area contributed by atoms with Crippen LogP contribution < -0.4 is 10.6 Å². The van der Waals surface area contributed by atoms with Crippen molar-refractivity contribution in [2.24, 2.45) is 5.92 Å². The molecule has 126 valence electrons. The highest BCUT2D eigenvalue weighted by Gasteiger charge is 2.20. The van der Waals surface area contributed by atoms with Crippen molar-refractivity contribution < 1.29 is 4.79 Å². The van der Waals surface area contributed by atoms with Crippen molar-refractivity contribution in [1.29, 1.82) is 0 Å². The summed E-state index contributed by atoms with van der Waals surface area (Å²) in [5, 5.41) is 6.44. The van der Waals surface area contributed by atoms with E-state index in [0.717, 1.165) is 13.0 Å². The van der Waals surface area contributed by atoms with Gasteiger partial charge in [-0.2, -0.15) is 0 Å². The number of pyridine rings is 1. The predicted molar refractivity (Wildman–Crippen MR) is 95.0 cm³/mol. The minimum Gasteiger partial charge on any atom is -0.355 e. The van der Waals surface area contributed by atoms with Crippen molar-refractivity contribution in [3.8, 4) is 0 Å². The summed E-state index contributed by atoms with van der Waals surface area (Å²) in [6.45, 7) is 6.10. The molecule has 0 radical (unpaired) electrons. The number of hydrogen-bond donors (Lipinski definition) is 2. The molecule has 1 saturated heterocycles. The Kier molecular flexibility index (Phi) is 10.4. The molecule has 1 aliphatic heterocycles. The summed E-state index contributed by atoms with van der Waals surface area (Å²) < 4.78 is 0. The first-order valence-electron chi connectivity index (χ1n) is 7.57. The lowest BCUT2D eigenvalue weighted by molar-refractivity contribution is -0.121. The number of carbonyl (C=O) groups excluding carboxylic acids is 1. The van der Waals surface area contributed by atoms with E-state index in [1.54, 1.807) is 6.20 Å². The van der Waals surface area contributed by atoms with E-state index in [2.05, 4.69) is 35.5 Å². The number of rotatable bonds is 6. The summed E-state index contributed by atoms with van der Waals surface area (Å²) in [5.74, 6) is 0.951. The van der Waals surface area contributed by atoms with E-state index < -0.39 is 0 Å². The molecule has 2 heterocycles. The molecule has 2 atom stereocenters. The predicted octanol–water partition coefficient (Wildman–Crippen LogP) is 2.92. The van der Waals surface area contributed by atoms with Gasteiger partial charge in [0.25, 0.3) is 0 Å². The molecule has 6 heteroatoms. The van der Waals surface area contributed by atoms with Crippen LogP contribution in [-0.4, -0.2) is 30.0 Å². The molecule has 0 saturated carbocycles. The number of amides is 1. The number of carbonyl (C=O) groups is 1. The van der Waals surface area contributed by atoms with E-state index in [0.29, 0.717) is 30.8 Å². The summed E-state index contributed by atoms with van der Waals surface area (Å²) >= 11 is 0. The first kappa shape index (κ1) is 21.2. The van der Waals surface area contributed by atoms with Gasteiger partial charge in [-0.05, 0) is 36.9 Å². The van der Waals surface area contributed by atoms with Gasteiger partial charge in [-0.3, -0.25) is 9.78 Å². The van der Waals surface area contributed by atoms with Gasteiger partial charge < -0.3 is 10.6 Å². The summed E-state index contributed by atoms with van der Waals surface area (Å²) in [6, 6.07) is 4.41. The standard InChI is InChI=1S/C16H25N3O.2ClH/c1-12(2)15(13-5-3-7-17-10-13)11-19-16(20)9-14-6-4-8-18-14;;/h3,5,7,10,12,14-15,18H,4,6,8-9,11H2,1-2H3,(H,19,20);2*1H. The van der Waals surface area contributed by atoms with Crippen LogP contribution in [0.15, 0.2) is 24.5 Å². The highest BCUT2D eigenvalue weighted by atomic mass is 35.5. The Morgan fingerprint density at radius 2 is 2.23 bits per heavy atom. The fourth-order valence-electron chi connectivity index (χ4n) is 2.78. The molecule has 0 aliphatic carbocycles. The first-order chi connectivity index (χ1) is 9.66. The smallest absolute Gasteiger partial charge is 0.221 e. The SMILES string of the molecule is CC(C)C(CNC(=O)CC1CCCN1)c1cccnc1.Cl.Cl. The average molecular weight is 348 g/mol. The lowest BCUT2D eigenvalue weighted by Crippen LogP contribution is -2.35. The second-order valence-corrected chi connectivity index (χ2v) is 5.94. The topological polar surface area (TPSA) is 54.0 Å². The lowest BCUT2D eigenvalue weighted by atomic mass is 9.89. The molecule has 22 heavy (non-hydrogen) atoms. The van der Waals surface area contributed by atoms with Gasteiger partial charge in [-0.1, -0.05) is 19.9 Å². The third kappa shape index (κ3) is 6.51. The van der Waals surface area contributed by atoms with E-state index in [9.17, 15) is 4.79 Å². The van der Waals surface area contributed by atoms with Crippen LogP contribution in [0.25, 0.3) is 0 Å². The van der Waals surface area contributed by atoms with E-state index in [4.69, 9.17) is 0 Å². The Hall–Kier alpha value is -0.840. The molecular formula is C16H27Cl2N3O. The molecule has 2 N–H and O–H groups in total. The van der Waals surface area contributed by atoms with Crippen LogP contribution in [0.3, 0.4) is 0 Å². The van der Waals surface area contributed by atoms with Crippen LogP contribution in [0.1, 0.15) is 44.6 Å². The average Bonchev–Trinajstić information content (AvgIpc) is 2.92. The zero-order chi connectivity index (χ0) is 14.4. The molecule has 0 spiro atoms. The Balaban J connectivity index is 0.00000220. The Morgan fingerprint density at radius 1 is 1.45 bits per heavy atom. The molecule has 1 aromatic rings. The summed E-state index contributed by atoms with van der Waals surface area (Å²) in [7, 11) is 0. The molecule has 4 nitrogen and oxygen atoms in total. The van der Waals surface area contributed by atoms with Crippen molar-refractivity contribution in [2.45, 2.75) is 45.1 Å². The highest BCUT2D eigenvalue weighted by molar-refractivity contribution is 5.85. The van der Waals surface area contributed by atoms with Gasteiger partial charge in [0, 0.05) is 37.3 Å². The number of aromatic nitrogens is 1. The van der Waals surface area contributed by atoms with Crippen LogP contribution in [0, 0.1) is 5.92 Å². The lowest BCUT2D eigenvalue weighted by Gasteiger charge is -2.22. The van der Waals surface area contributed by atoms with Crippen molar-refractivity contribution in [3.05, 3.63) is 30.1 Å². The van der Waals surface area contributed by atoms with Crippen LogP contribution >= 0.6 is 24.8 Å². The maximum atomic E-state index is 12.0. The second kappa shape index (κ2) is 10.8. The zero-order valence-electron chi connectivity index (χ0n) is 13.2. The van der Waals surface area contributed by atoms with Gasteiger partial charge >= 0.3 is 0 Å². The molecule has 1 aliphatic rings. The van der Waals surface area contributed by atoms with Gasteiger partial charge in [-0.15, -0.1) is 24.8 Å². The van der Waals surface area contributed by atoms with Gasteiger partial charge in [0.15, 0.2) is 0 Å². The van der Waals surface area contributed by atoms with Crippen LogP contribution in [0.5, 0.6) is 0 Å². The Morgan fingerprint density at radius 3 is 2.77 bits per heavy atom. The van der Waals surface area contributed by atoms with E-state index in [1.807, 2.05) is 12.3 Å². The largest absolute Gasteiger partial charge is 0.355 e. The fourth-order valence-corrected chi connectivity index (χ4v) is 2.78. The molecule has 1 fully saturated rings. The molecule has 0 aromatic carbocycles. The van der Waals surface area contributed by atoms with Gasteiger partial charge in [-0.25, -0.2) is 0 Å². The van der Waals surface area contributed by atoms with Crippen LogP contribution in [0.4, 0.5) is 0 Å². The van der Waals surface area contributed by atoms with E-state index in [1.165, 1.54) is 12.0 Å². The van der Waals surface area contributed by atoms with Crippen molar-refractivity contribution >= 4 is 30.7 Å². The van der Waals surface area contributed by atoms with E-state index >= 15 is 0 Å². The minimum absolute atomic E-state index is 0. The number of nitrogens with zero attached hydrogens (tertiary/aromatic N) is 1. The number of halogens is 2. The van der Waals surface area contributed by atoms with Crippen molar-refractivity contribution in [3.63, 3.8) is 0 Å². The molecule has 0 bridgehead atoms. The molecule has 2 rings (SSSR count). The highest BCUT2D eigenvalue weighted by Crippen LogP contribution is 2.22. The number of hydrogen-bond acceptors (Lipinski definition) is 3. The zero-order valence-corrected chi connectivity index (χ0v) is 14.9. The Labute approximate surface area is 145 Å².